The summed E-state index contributed by atoms with van der Waals surface area (Å²) in [6.45, 7) is 5.52. The second-order valence-corrected chi connectivity index (χ2v) is 5.02. The molecule has 0 saturated carbocycles. The summed E-state index contributed by atoms with van der Waals surface area (Å²) in [6, 6.07) is 7.92. The third kappa shape index (κ3) is 6.89. The van der Waals surface area contributed by atoms with E-state index in [1.54, 1.807) is 0 Å². The van der Waals surface area contributed by atoms with Gasteiger partial charge in [0.25, 0.3) is 0 Å². The van der Waals surface area contributed by atoms with Crippen LogP contribution in [0.5, 0.6) is 5.75 Å². The van der Waals surface area contributed by atoms with Gasteiger partial charge in [-0.15, -0.1) is 0 Å². The van der Waals surface area contributed by atoms with Crippen LogP contribution in [-0.2, 0) is 6.42 Å². The number of hydrogen-bond donors (Lipinski definition) is 3. The van der Waals surface area contributed by atoms with Gasteiger partial charge in [0.05, 0.1) is 6.10 Å². The van der Waals surface area contributed by atoms with Gasteiger partial charge >= 0.3 is 0 Å². The lowest BCUT2D eigenvalue weighted by Gasteiger charge is -2.14. The average Bonchev–Trinajstić information content (AvgIpc) is 2.49. The molecule has 114 valence electrons. The van der Waals surface area contributed by atoms with Crippen LogP contribution in [0.15, 0.2) is 24.3 Å². The molecule has 0 heterocycles. The van der Waals surface area contributed by atoms with Crippen molar-refractivity contribution in [2.75, 3.05) is 19.7 Å². The minimum absolute atomic E-state index is 0.257. The Balaban J connectivity index is 2.14. The summed E-state index contributed by atoms with van der Waals surface area (Å²) in [6.07, 6.45) is 1.69. The highest BCUT2D eigenvalue weighted by atomic mass is 16.5. The number of nitrogens with one attached hydrogen (secondary N) is 1. The molecule has 2 atom stereocenters. The van der Waals surface area contributed by atoms with Gasteiger partial charge in [0.1, 0.15) is 18.5 Å². The molecule has 0 saturated heterocycles. The van der Waals surface area contributed by atoms with Crippen molar-refractivity contribution in [2.45, 2.75) is 45.3 Å². The lowest BCUT2D eigenvalue weighted by Crippen LogP contribution is -2.33. The number of aliphatic hydroxyl groups excluding tert-OH is 2. The van der Waals surface area contributed by atoms with Gasteiger partial charge in [0.2, 0.25) is 0 Å². The van der Waals surface area contributed by atoms with Crippen LogP contribution in [-0.4, -0.2) is 42.1 Å². The van der Waals surface area contributed by atoms with E-state index in [-0.39, 0.29) is 12.7 Å². The van der Waals surface area contributed by atoms with Gasteiger partial charge in [0, 0.05) is 6.54 Å². The van der Waals surface area contributed by atoms with E-state index >= 15 is 0 Å². The maximum absolute atomic E-state index is 9.78. The fourth-order valence-electron chi connectivity index (χ4n) is 1.81. The van der Waals surface area contributed by atoms with Crippen LogP contribution in [0.1, 0.15) is 32.3 Å². The minimum Gasteiger partial charge on any atom is -0.491 e. The van der Waals surface area contributed by atoms with E-state index in [9.17, 15) is 10.2 Å². The predicted molar refractivity (Wildman–Crippen MR) is 81.1 cm³/mol. The zero-order chi connectivity index (χ0) is 14.8. The van der Waals surface area contributed by atoms with Crippen molar-refractivity contribution >= 4 is 0 Å². The Morgan fingerprint density at radius 1 is 1.10 bits per heavy atom. The van der Waals surface area contributed by atoms with E-state index in [1.807, 2.05) is 31.2 Å². The number of aryl methyl sites for hydroxylation is 1. The van der Waals surface area contributed by atoms with E-state index in [0.29, 0.717) is 19.5 Å². The van der Waals surface area contributed by atoms with Gasteiger partial charge in [-0.3, -0.25) is 0 Å². The highest BCUT2D eigenvalue weighted by Crippen LogP contribution is 2.12. The average molecular weight is 281 g/mol. The van der Waals surface area contributed by atoms with Gasteiger partial charge in [-0.1, -0.05) is 26.0 Å². The van der Waals surface area contributed by atoms with Crippen molar-refractivity contribution in [3.05, 3.63) is 29.8 Å². The van der Waals surface area contributed by atoms with E-state index in [2.05, 4.69) is 12.2 Å². The molecule has 4 heteroatoms. The Bertz CT molecular complexity index is 353. The van der Waals surface area contributed by atoms with Crippen molar-refractivity contribution in [1.82, 2.24) is 5.32 Å². The largest absolute Gasteiger partial charge is 0.491 e. The normalized spacial score (nSPS) is 14.0. The second-order valence-electron chi connectivity index (χ2n) is 5.02. The highest BCUT2D eigenvalue weighted by Gasteiger charge is 2.06. The van der Waals surface area contributed by atoms with Crippen molar-refractivity contribution in [2.24, 2.45) is 0 Å². The lowest BCUT2D eigenvalue weighted by atomic mass is 10.2. The van der Waals surface area contributed by atoms with E-state index < -0.39 is 6.10 Å². The summed E-state index contributed by atoms with van der Waals surface area (Å²) in [7, 11) is 0. The number of aliphatic hydroxyl groups is 2. The first-order valence-electron chi connectivity index (χ1n) is 7.44. The molecule has 1 aromatic rings. The molecule has 0 spiro atoms. The molecule has 0 radical (unpaired) electrons. The summed E-state index contributed by atoms with van der Waals surface area (Å²) in [5.41, 5.74) is 1.27. The van der Waals surface area contributed by atoms with E-state index in [4.69, 9.17) is 4.74 Å². The molecule has 3 N–H and O–H groups in total. The standard InChI is InChI=1S/C16H27NO3/c1-3-13-5-7-16(8-6-13)20-12-15(19)11-17-10-9-14(18)4-2/h5-8,14-15,17-19H,3-4,9-12H2,1-2H3. The summed E-state index contributed by atoms with van der Waals surface area (Å²) in [4.78, 5) is 0. The molecular weight excluding hydrogens is 254 g/mol. The molecule has 0 aliphatic carbocycles. The fraction of sp³-hybridized carbons (Fsp3) is 0.625. The van der Waals surface area contributed by atoms with Crippen molar-refractivity contribution < 1.29 is 14.9 Å². The van der Waals surface area contributed by atoms with Crippen LogP contribution < -0.4 is 10.1 Å². The first kappa shape index (κ1) is 17.0. The van der Waals surface area contributed by atoms with Crippen molar-refractivity contribution in [1.29, 1.82) is 0 Å². The fourth-order valence-corrected chi connectivity index (χ4v) is 1.81. The van der Waals surface area contributed by atoms with Crippen LogP contribution in [0.3, 0.4) is 0 Å². The van der Waals surface area contributed by atoms with Crippen LogP contribution in [0.25, 0.3) is 0 Å². The molecule has 1 rings (SSSR count). The summed E-state index contributed by atoms with van der Waals surface area (Å²) in [5.74, 6) is 0.780. The molecule has 20 heavy (non-hydrogen) atoms. The van der Waals surface area contributed by atoms with Crippen LogP contribution >= 0.6 is 0 Å². The van der Waals surface area contributed by atoms with Gasteiger partial charge < -0.3 is 20.3 Å². The Labute approximate surface area is 121 Å². The third-order valence-electron chi connectivity index (χ3n) is 3.28. The molecule has 1 aromatic carbocycles. The molecule has 2 unspecified atom stereocenters. The maximum atomic E-state index is 9.78. The van der Waals surface area contributed by atoms with Gasteiger partial charge in [-0.25, -0.2) is 0 Å². The molecular formula is C16H27NO3. The monoisotopic (exact) mass is 281 g/mol. The number of benzene rings is 1. The molecule has 4 nitrogen and oxygen atoms in total. The van der Waals surface area contributed by atoms with E-state index in [0.717, 1.165) is 18.6 Å². The molecule has 0 aliphatic heterocycles. The summed E-state index contributed by atoms with van der Waals surface area (Å²) < 4.78 is 5.53. The summed E-state index contributed by atoms with van der Waals surface area (Å²) in [5, 5.41) is 22.3. The second kappa shape index (κ2) is 9.75. The Kier molecular flexibility index (Phi) is 8.26. The van der Waals surface area contributed by atoms with Crippen LogP contribution in [0, 0.1) is 0 Å². The quantitative estimate of drug-likeness (QED) is 0.572. The third-order valence-corrected chi connectivity index (χ3v) is 3.28. The maximum Gasteiger partial charge on any atom is 0.119 e. The lowest BCUT2D eigenvalue weighted by molar-refractivity contribution is 0.104. The van der Waals surface area contributed by atoms with Gasteiger partial charge in [0.15, 0.2) is 0 Å². The SMILES string of the molecule is CCc1ccc(OCC(O)CNCCC(O)CC)cc1. The number of hydrogen-bond acceptors (Lipinski definition) is 4. The Morgan fingerprint density at radius 3 is 2.40 bits per heavy atom. The first-order valence-corrected chi connectivity index (χ1v) is 7.44. The molecule has 0 fully saturated rings. The molecule has 0 amide bonds. The zero-order valence-electron chi connectivity index (χ0n) is 12.5. The smallest absolute Gasteiger partial charge is 0.119 e. The van der Waals surface area contributed by atoms with Crippen LogP contribution in [0.2, 0.25) is 0 Å². The van der Waals surface area contributed by atoms with Crippen molar-refractivity contribution in [3.63, 3.8) is 0 Å². The minimum atomic E-state index is -0.542. The van der Waals surface area contributed by atoms with Crippen molar-refractivity contribution in [3.8, 4) is 5.75 Å². The highest BCUT2D eigenvalue weighted by molar-refractivity contribution is 5.27. The summed E-state index contributed by atoms with van der Waals surface area (Å²) >= 11 is 0. The molecule has 0 aliphatic rings. The number of ether oxygens (including phenoxy) is 1. The van der Waals surface area contributed by atoms with Gasteiger partial charge in [-0.05, 0) is 43.5 Å². The van der Waals surface area contributed by atoms with Crippen LogP contribution in [0.4, 0.5) is 0 Å². The Morgan fingerprint density at radius 2 is 1.80 bits per heavy atom. The first-order chi connectivity index (χ1) is 9.65. The molecule has 0 aromatic heterocycles. The topological polar surface area (TPSA) is 61.7 Å². The van der Waals surface area contributed by atoms with Gasteiger partial charge in [-0.2, -0.15) is 0 Å². The molecule has 0 bridgehead atoms. The zero-order valence-corrected chi connectivity index (χ0v) is 12.5. The van der Waals surface area contributed by atoms with E-state index in [1.165, 1.54) is 5.56 Å². The Hall–Kier alpha value is -1.10. The number of rotatable bonds is 10. The predicted octanol–water partition coefficient (Wildman–Crippen LogP) is 1.74.